The molecule has 7 aromatic rings. The van der Waals surface area contributed by atoms with Crippen molar-refractivity contribution in [2.75, 3.05) is 23.8 Å². The smallest absolute Gasteiger partial charge is 0.276 e. The van der Waals surface area contributed by atoms with Crippen LogP contribution in [0.2, 0.25) is 0 Å². The molecular weight excluding hydrogens is 849 g/mol. The Kier molecular flexibility index (Phi) is 12.0. The van der Waals surface area contributed by atoms with Crippen molar-refractivity contribution in [1.82, 2.24) is 64.6 Å². The van der Waals surface area contributed by atoms with Crippen LogP contribution in [0.4, 0.5) is 11.9 Å². The lowest BCUT2D eigenvalue weighted by Gasteiger charge is -2.27. The summed E-state index contributed by atoms with van der Waals surface area (Å²) < 4.78 is 19.7. The molecule has 0 bridgehead atoms. The first-order chi connectivity index (χ1) is 32.0. The van der Waals surface area contributed by atoms with E-state index in [2.05, 4.69) is 46.8 Å². The lowest BCUT2D eigenvalue weighted by molar-refractivity contribution is 0.0923. The first kappa shape index (κ1) is 43.3. The summed E-state index contributed by atoms with van der Waals surface area (Å²) in [4.78, 5) is 63.9. The highest BCUT2D eigenvalue weighted by Gasteiger charge is 2.28. The van der Waals surface area contributed by atoms with Gasteiger partial charge in [0.15, 0.2) is 5.82 Å². The summed E-state index contributed by atoms with van der Waals surface area (Å²) in [5.41, 5.74) is 10.3. The van der Waals surface area contributed by atoms with Gasteiger partial charge in [-0.15, -0.1) is 10.2 Å². The number of rotatable bonds is 10. The Morgan fingerprint density at radius 1 is 0.727 bits per heavy atom. The molecule has 5 aromatic heterocycles. The van der Waals surface area contributed by atoms with Gasteiger partial charge in [0.1, 0.15) is 33.9 Å². The van der Waals surface area contributed by atoms with E-state index in [1.165, 1.54) is 0 Å². The summed E-state index contributed by atoms with van der Waals surface area (Å²) in [7, 11) is 0. The molecule has 1 fully saturated rings. The van der Waals surface area contributed by atoms with Gasteiger partial charge in [-0.3, -0.25) is 39.2 Å². The van der Waals surface area contributed by atoms with Crippen molar-refractivity contribution < 1.29 is 28.7 Å². The number of nitrogens with two attached hydrogens (primary N) is 1. The quantitative estimate of drug-likeness (QED) is 0.119. The van der Waals surface area contributed by atoms with Crippen molar-refractivity contribution in [3.63, 3.8) is 0 Å². The van der Waals surface area contributed by atoms with E-state index in [4.69, 9.17) is 25.2 Å². The highest BCUT2D eigenvalue weighted by molar-refractivity contribution is 6.05. The van der Waals surface area contributed by atoms with Gasteiger partial charge < -0.3 is 29.7 Å². The molecule has 0 radical (unpaired) electrons. The Bertz CT molecular complexity index is 3000. The van der Waals surface area contributed by atoms with Crippen molar-refractivity contribution in [2.24, 2.45) is 5.73 Å². The van der Waals surface area contributed by atoms with Gasteiger partial charge in [0.05, 0.1) is 35.6 Å². The fourth-order valence-corrected chi connectivity index (χ4v) is 8.66. The molecule has 6 heterocycles. The van der Waals surface area contributed by atoms with E-state index in [0.29, 0.717) is 87.2 Å². The number of amides is 4. The number of aromatic nitrogens is 12. The number of primary amides is 1. The standard InChI is InChI=1S/C44H50N16O6/c1-5-59-32(18-24(3)53-59)41(63)49-43-47-30-20-27(38(45)61)22-34-36(30)57(43)14-7-8-15-58-37-31(48-44(58)50-42(64)33-19-25(4)54-60(33)6-2)21-28(23-35(37)66-17-9-16-65-34)40(62)46-29-12-10-26(11-13-29)39-51-55-56-52-39/h7-8,18-23,26,29H,5-6,9-17H2,1-4H3,(H2,45,61)(H,46,62)(H,47,49,63)(H,48,50,64)(H,51,52,55,56)/b8-7+. The molecule has 1 saturated carbocycles. The second-order valence-electron chi connectivity index (χ2n) is 16.3. The topological polar surface area (TPSA) is 275 Å². The summed E-state index contributed by atoms with van der Waals surface area (Å²) >= 11 is 0. The molecule has 1 aliphatic carbocycles. The lowest BCUT2D eigenvalue weighted by Crippen LogP contribution is -2.37. The number of anilines is 2. The van der Waals surface area contributed by atoms with Crippen LogP contribution >= 0.6 is 0 Å². The third-order valence-electron chi connectivity index (χ3n) is 11.8. The van der Waals surface area contributed by atoms with Crippen LogP contribution in [0.3, 0.4) is 0 Å². The molecule has 0 saturated heterocycles. The van der Waals surface area contributed by atoms with Crippen LogP contribution in [0.25, 0.3) is 22.1 Å². The Morgan fingerprint density at radius 3 is 1.76 bits per heavy atom. The number of ether oxygens (including phenoxy) is 2. The van der Waals surface area contributed by atoms with Gasteiger partial charge in [0, 0.05) is 55.7 Å². The minimum atomic E-state index is -0.671. The fourth-order valence-electron chi connectivity index (χ4n) is 8.66. The number of nitrogens with zero attached hydrogens (tertiary/aromatic N) is 11. The number of hydrogen-bond donors (Lipinski definition) is 5. The second-order valence-corrected chi connectivity index (χ2v) is 16.3. The predicted molar refractivity (Wildman–Crippen MR) is 241 cm³/mol. The number of H-pyrrole nitrogens is 1. The van der Waals surface area contributed by atoms with Crippen molar-refractivity contribution in [3.8, 4) is 11.5 Å². The van der Waals surface area contributed by atoms with E-state index >= 15 is 0 Å². The SMILES string of the molecule is CCn1nc(C)cc1C(=O)Nc1nc2cc(C(N)=O)cc3c2n1C/C=C/Cn1c(NC(=O)c2cc(C)nn2CC)nc2cc(C(=O)NC4CCC(c5nn[nH]n5)CC4)cc(c21)OCCCO3. The van der Waals surface area contributed by atoms with Crippen molar-refractivity contribution in [1.29, 1.82) is 0 Å². The van der Waals surface area contributed by atoms with Crippen LogP contribution in [-0.4, -0.2) is 102 Å². The Hall–Kier alpha value is -7.91. The molecule has 2 aliphatic rings. The first-order valence-electron chi connectivity index (χ1n) is 22.0. The molecule has 1 aliphatic heterocycles. The van der Waals surface area contributed by atoms with Gasteiger partial charge in [0.2, 0.25) is 17.8 Å². The largest absolute Gasteiger partial charge is 0.491 e. The molecule has 0 atom stereocenters. The molecule has 4 amide bonds. The van der Waals surface area contributed by atoms with Gasteiger partial charge in [-0.1, -0.05) is 17.4 Å². The number of carbonyl (C=O) groups excluding carboxylic acids is 4. The van der Waals surface area contributed by atoms with E-state index in [9.17, 15) is 19.2 Å². The van der Waals surface area contributed by atoms with Crippen LogP contribution in [0.15, 0.2) is 48.6 Å². The highest BCUT2D eigenvalue weighted by atomic mass is 16.5. The van der Waals surface area contributed by atoms with E-state index in [1.54, 1.807) is 50.3 Å². The Labute approximate surface area is 377 Å². The molecule has 6 N–H and O–H groups in total. The Balaban J connectivity index is 1.08. The predicted octanol–water partition coefficient (Wildman–Crippen LogP) is 4.43. The summed E-state index contributed by atoms with van der Waals surface area (Å²) in [6, 6.07) is 9.87. The maximum Gasteiger partial charge on any atom is 0.276 e. The molecular formula is C44H50N16O6. The van der Waals surface area contributed by atoms with Crippen molar-refractivity contribution in [2.45, 2.75) is 97.9 Å². The third-order valence-corrected chi connectivity index (χ3v) is 11.8. The number of nitrogens with one attached hydrogen (secondary N) is 4. The summed E-state index contributed by atoms with van der Waals surface area (Å²) in [6.45, 7) is 9.09. The molecule has 2 aromatic carbocycles. The van der Waals surface area contributed by atoms with Crippen molar-refractivity contribution >= 4 is 57.6 Å². The summed E-state index contributed by atoms with van der Waals surface area (Å²) in [6.07, 6.45) is 7.24. The normalized spacial score (nSPS) is 17.0. The molecule has 22 nitrogen and oxygen atoms in total. The number of aromatic amines is 1. The number of aryl methyl sites for hydroxylation is 4. The number of allylic oxidation sites excluding steroid dienone is 2. The molecule has 0 unspecified atom stereocenters. The van der Waals surface area contributed by atoms with Gasteiger partial charge in [-0.2, -0.15) is 15.4 Å². The fraction of sp³-hybridized carbons (Fsp3) is 0.386. The first-order valence-corrected chi connectivity index (χ1v) is 22.0. The molecule has 9 rings (SSSR count). The van der Waals surface area contributed by atoms with Gasteiger partial charge >= 0.3 is 0 Å². The highest BCUT2D eigenvalue weighted by Crippen LogP contribution is 2.35. The lowest BCUT2D eigenvalue weighted by atomic mass is 9.85. The molecule has 342 valence electrons. The monoisotopic (exact) mass is 898 g/mol. The summed E-state index contributed by atoms with van der Waals surface area (Å²) in [5.74, 6) is 0.206. The average molecular weight is 899 g/mol. The zero-order valence-electron chi connectivity index (χ0n) is 37.0. The Morgan fingerprint density at radius 2 is 1.26 bits per heavy atom. The number of benzene rings is 2. The molecule has 22 heteroatoms. The number of imidazole rings is 2. The maximum atomic E-state index is 14.0. The number of tetrazole rings is 1. The third kappa shape index (κ3) is 8.67. The zero-order chi connectivity index (χ0) is 46.1. The van der Waals surface area contributed by atoms with Gasteiger partial charge in [-0.05, 0) is 89.8 Å². The van der Waals surface area contributed by atoms with E-state index in [-0.39, 0.29) is 61.6 Å². The van der Waals surface area contributed by atoms with Crippen molar-refractivity contribution in [3.05, 3.63) is 88.3 Å². The maximum absolute atomic E-state index is 14.0. The van der Waals surface area contributed by atoms with Gasteiger partial charge in [-0.25, -0.2) is 9.97 Å². The zero-order valence-corrected chi connectivity index (χ0v) is 37.0. The van der Waals surface area contributed by atoms with Crippen LogP contribution in [-0.2, 0) is 26.2 Å². The minimum Gasteiger partial charge on any atom is -0.491 e. The summed E-state index contributed by atoms with van der Waals surface area (Å²) in [5, 5.41) is 32.6. The van der Waals surface area contributed by atoms with E-state index in [1.807, 2.05) is 44.4 Å². The van der Waals surface area contributed by atoms with E-state index < -0.39 is 17.7 Å². The van der Waals surface area contributed by atoms with Crippen LogP contribution in [0, 0.1) is 13.8 Å². The van der Waals surface area contributed by atoms with Gasteiger partial charge in [0.25, 0.3) is 17.7 Å². The average Bonchev–Trinajstić information content (AvgIpc) is 4.15. The van der Waals surface area contributed by atoms with Crippen LogP contribution < -0.4 is 31.2 Å². The van der Waals surface area contributed by atoms with E-state index in [0.717, 1.165) is 25.7 Å². The number of carbonyl (C=O) groups is 4. The molecule has 66 heavy (non-hydrogen) atoms. The van der Waals surface area contributed by atoms with Crippen LogP contribution in [0.1, 0.15) is 111 Å². The van der Waals surface area contributed by atoms with Crippen LogP contribution in [0.5, 0.6) is 11.5 Å². The molecule has 0 spiro atoms. The number of hydrogen-bond acceptors (Lipinski definition) is 13. The second kappa shape index (κ2) is 18.3. The minimum absolute atomic E-state index is 0.0652.